The van der Waals surface area contributed by atoms with Gasteiger partial charge in [0.2, 0.25) is 0 Å². The number of benzene rings is 1. The van der Waals surface area contributed by atoms with Crippen molar-refractivity contribution in [1.82, 2.24) is 4.98 Å². The molecule has 1 aliphatic carbocycles. The molecule has 0 fully saturated rings. The summed E-state index contributed by atoms with van der Waals surface area (Å²) < 4.78 is 0. The van der Waals surface area contributed by atoms with Crippen molar-refractivity contribution < 1.29 is 4.79 Å². The Hall–Kier alpha value is -1.68. The number of anilines is 1. The molecular formula is C17H18N2OS. The van der Waals surface area contributed by atoms with Crippen LogP contribution in [0.25, 0.3) is 0 Å². The molecule has 21 heavy (non-hydrogen) atoms. The van der Waals surface area contributed by atoms with Gasteiger partial charge < -0.3 is 4.90 Å². The van der Waals surface area contributed by atoms with Gasteiger partial charge in [0.1, 0.15) is 5.69 Å². The average Bonchev–Trinajstić information content (AvgIpc) is 2.82. The number of ketones is 1. The van der Waals surface area contributed by atoms with Crippen LogP contribution in [0.2, 0.25) is 0 Å². The molecule has 108 valence electrons. The Labute approximate surface area is 128 Å². The Bertz CT molecular complexity index is 665. The average molecular weight is 298 g/mol. The highest BCUT2D eigenvalue weighted by Gasteiger charge is 2.25. The smallest absolute Gasteiger partial charge is 0.186 e. The minimum absolute atomic E-state index is 0.233. The second-order valence-corrected chi connectivity index (χ2v) is 6.86. The minimum atomic E-state index is 0.233. The van der Waals surface area contributed by atoms with Crippen molar-refractivity contribution in [2.75, 3.05) is 18.0 Å². The van der Waals surface area contributed by atoms with Gasteiger partial charge in [-0.15, -0.1) is 11.3 Å². The first-order valence-electron chi connectivity index (χ1n) is 7.66. The highest BCUT2D eigenvalue weighted by molar-refractivity contribution is 7.16. The quantitative estimate of drug-likeness (QED) is 0.810. The van der Waals surface area contributed by atoms with Gasteiger partial charge >= 0.3 is 0 Å². The number of hydrogen-bond donors (Lipinski definition) is 0. The molecule has 1 aromatic carbocycles. The molecule has 0 radical (unpaired) electrons. The molecule has 0 saturated carbocycles. The van der Waals surface area contributed by atoms with Gasteiger partial charge in [0.25, 0.3) is 0 Å². The number of thiazole rings is 1. The van der Waals surface area contributed by atoms with Crippen LogP contribution in [0.5, 0.6) is 0 Å². The lowest BCUT2D eigenvalue weighted by Gasteiger charge is -2.18. The number of rotatable bonds is 1. The molecule has 0 saturated heterocycles. The number of aromatic nitrogens is 1. The van der Waals surface area contributed by atoms with Crippen LogP contribution in [0.1, 0.15) is 39.3 Å². The molecule has 0 unspecified atom stereocenters. The molecule has 3 nitrogen and oxygen atoms in total. The first-order valence-corrected chi connectivity index (χ1v) is 8.47. The maximum absolute atomic E-state index is 12.0. The Balaban J connectivity index is 1.60. The van der Waals surface area contributed by atoms with Crippen LogP contribution < -0.4 is 4.90 Å². The number of carbonyl (C=O) groups excluding carboxylic acids is 1. The standard InChI is InChI=1S/C17H18N2OS/c20-14-6-3-7-15-16(14)18-17(21-15)19-10-8-12-4-1-2-5-13(12)9-11-19/h1-2,4-5H,3,6-11H2. The van der Waals surface area contributed by atoms with Crippen molar-refractivity contribution in [2.45, 2.75) is 32.1 Å². The molecule has 1 aliphatic heterocycles. The molecule has 4 rings (SSSR count). The van der Waals surface area contributed by atoms with E-state index in [2.05, 4.69) is 34.1 Å². The van der Waals surface area contributed by atoms with Crippen LogP contribution in [0.3, 0.4) is 0 Å². The van der Waals surface area contributed by atoms with Gasteiger partial charge in [0.05, 0.1) is 0 Å². The summed E-state index contributed by atoms with van der Waals surface area (Å²) in [7, 11) is 0. The second kappa shape index (κ2) is 5.26. The van der Waals surface area contributed by atoms with E-state index in [9.17, 15) is 4.79 Å². The number of Topliss-reactive ketones (excluding diaryl/α,β-unsaturated/α-hetero) is 1. The fourth-order valence-corrected chi connectivity index (χ4v) is 4.42. The first-order chi connectivity index (χ1) is 10.3. The van der Waals surface area contributed by atoms with Gasteiger partial charge in [0, 0.05) is 24.4 Å². The Morgan fingerprint density at radius 2 is 1.71 bits per heavy atom. The van der Waals surface area contributed by atoms with E-state index in [1.165, 1.54) is 16.0 Å². The summed E-state index contributed by atoms with van der Waals surface area (Å²) in [5.74, 6) is 0.233. The van der Waals surface area contributed by atoms with Gasteiger partial charge in [-0.25, -0.2) is 4.98 Å². The van der Waals surface area contributed by atoms with Crippen molar-refractivity contribution in [3.63, 3.8) is 0 Å². The number of aryl methyl sites for hydroxylation is 1. The van der Waals surface area contributed by atoms with Crippen LogP contribution in [-0.2, 0) is 19.3 Å². The summed E-state index contributed by atoms with van der Waals surface area (Å²) in [6.45, 7) is 2.00. The topological polar surface area (TPSA) is 33.2 Å². The van der Waals surface area contributed by atoms with E-state index < -0.39 is 0 Å². The zero-order chi connectivity index (χ0) is 14.2. The highest BCUT2D eigenvalue weighted by atomic mass is 32.1. The van der Waals surface area contributed by atoms with E-state index in [1.807, 2.05) is 0 Å². The molecular weight excluding hydrogens is 280 g/mol. The summed E-state index contributed by atoms with van der Waals surface area (Å²) in [5.41, 5.74) is 3.66. The number of nitrogens with zero attached hydrogens (tertiary/aromatic N) is 2. The molecule has 0 spiro atoms. The van der Waals surface area contributed by atoms with E-state index in [0.717, 1.165) is 49.6 Å². The molecule has 0 N–H and O–H groups in total. The lowest BCUT2D eigenvalue weighted by Crippen LogP contribution is -2.25. The summed E-state index contributed by atoms with van der Waals surface area (Å²) in [5, 5.41) is 1.04. The van der Waals surface area contributed by atoms with Gasteiger partial charge in [0.15, 0.2) is 10.9 Å². The third-order valence-electron chi connectivity index (χ3n) is 4.45. The van der Waals surface area contributed by atoms with Crippen LogP contribution in [0.15, 0.2) is 24.3 Å². The maximum atomic E-state index is 12.0. The largest absolute Gasteiger partial charge is 0.347 e. The zero-order valence-electron chi connectivity index (χ0n) is 12.0. The maximum Gasteiger partial charge on any atom is 0.186 e. The number of fused-ring (bicyclic) bond motifs is 2. The van der Waals surface area contributed by atoms with Crippen LogP contribution in [-0.4, -0.2) is 23.9 Å². The SMILES string of the molecule is O=C1CCCc2sc(N3CCc4ccccc4CC3)nc21. The van der Waals surface area contributed by atoms with Gasteiger partial charge in [-0.05, 0) is 36.8 Å². The Morgan fingerprint density at radius 1 is 1.00 bits per heavy atom. The van der Waals surface area contributed by atoms with Gasteiger partial charge in [-0.2, -0.15) is 0 Å². The number of hydrogen-bond acceptors (Lipinski definition) is 4. The lowest BCUT2D eigenvalue weighted by molar-refractivity contribution is 0.0968. The predicted octanol–water partition coefficient (Wildman–Crippen LogP) is 3.27. The van der Waals surface area contributed by atoms with Crippen molar-refractivity contribution >= 4 is 22.3 Å². The van der Waals surface area contributed by atoms with Crippen LogP contribution in [0, 0.1) is 0 Å². The molecule has 0 atom stereocenters. The monoisotopic (exact) mass is 298 g/mol. The molecule has 2 aliphatic rings. The van der Waals surface area contributed by atoms with E-state index in [-0.39, 0.29) is 5.78 Å². The van der Waals surface area contributed by atoms with E-state index in [0.29, 0.717) is 6.42 Å². The van der Waals surface area contributed by atoms with E-state index in [4.69, 9.17) is 0 Å². The van der Waals surface area contributed by atoms with Gasteiger partial charge in [-0.3, -0.25) is 4.79 Å². The molecule has 2 aromatic rings. The first kappa shape index (κ1) is 13.0. The molecule has 2 heterocycles. The lowest BCUT2D eigenvalue weighted by atomic mass is 10.0. The van der Waals surface area contributed by atoms with Crippen molar-refractivity contribution in [1.29, 1.82) is 0 Å². The third kappa shape index (κ3) is 2.38. The molecule has 1 aromatic heterocycles. The van der Waals surface area contributed by atoms with Crippen molar-refractivity contribution in [2.24, 2.45) is 0 Å². The summed E-state index contributed by atoms with van der Waals surface area (Å²) >= 11 is 1.73. The summed E-state index contributed by atoms with van der Waals surface area (Å²) in [6.07, 6.45) is 4.80. The van der Waals surface area contributed by atoms with Gasteiger partial charge in [-0.1, -0.05) is 24.3 Å². The summed E-state index contributed by atoms with van der Waals surface area (Å²) in [4.78, 5) is 20.2. The fourth-order valence-electron chi connectivity index (χ4n) is 3.25. The Morgan fingerprint density at radius 3 is 2.38 bits per heavy atom. The van der Waals surface area contributed by atoms with Crippen LogP contribution in [0.4, 0.5) is 5.13 Å². The van der Waals surface area contributed by atoms with E-state index in [1.54, 1.807) is 11.3 Å². The fraction of sp³-hybridized carbons (Fsp3) is 0.412. The molecule has 0 bridgehead atoms. The predicted molar refractivity (Wildman–Crippen MR) is 85.4 cm³/mol. The Kier molecular flexibility index (Phi) is 3.26. The van der Waals surface area contributed by atoms with E-state index >= 15 is 0 Å². The number of carbonyl (C=O) groups is 1. The van der Waals surface area contributed by atoms with Crippen molar-refractivity contribution in [3.8, 4) is 0 Å². The van der Waals surface area contributed by atoms with Crippen molar-refractivity contribution in [3.05, 3.63) is 46.0 Å². The normalized spacial score (nSPS) is 18.1. The highest BCUT2D eigenvalue weighted by Crippen LogP contribution is 2.32. The molecule has 4 heteroatoms. The second-order valence-electron chi connectivity index (χ2n) is 5.80. The minimum Gasteiger partial charge on any atom is -0.347 e. The summed E-state index contributed by atoms with van der Waals surface area (Å²) in [6, 6.07) is 8.70. The third-order valence-corrected chi connectivity index (χ3v) is 5.62. The molecule has 0 amide bonds. The zero-order valence-corrected chi connectivity index (χ0v) is 12.8. The van der Waals surface area contributed by atoms with Crippen LogP contribution >= 0.6 is 11.3 Å².